The van der Waals surface area contributed by atoms with Crippen molar-refractivity contribution in [2.45, 2.75) is 56.1 Å². The van der Waals surface area contributed by atoms with Crippen molar-refractivity contribution in [1.29, 1.82) is 0 Å². The van der Waals surface area contributed by atoms with Gasteiger partial charge in [0.15, 0.2) is 0 Å². The normalized spacial score (nSPS) is 14.2. The Bertz CT molecular complexity index is 1660. The summed E-state index contributed by atoms with van der Waals surface area (Å²) in [6.45, 7) is 1.68. The summed E-state index contributed by atoms with van der Waals surface area (Å²) < 4.78 is 27.4. The van der Waals surface area contributed by atoms with Crippen molar-refractivity contribution in [3.63, 3.8) is 0 Å². The zero-order valence-corrected chi connectivity index (χ0v) is 26.7. The third-order valence-electron chi connectivity index (χ3n) is 8.10. The molecule has 1 N–H and O–H groups in total. The van der Waals surface area contributed by atoms with E-state index in [1.165, 1.54) is 4.31 Å². The minimum absolute atomic E-state index is 0.156. The molecule has 1 heterocycles. The van der Waals surface area contributed by atoms with Gasteiger partial charge in [0.05, 0.1) is 4.90 Å². The highest BCUT2D eigenvalue weighted by Gasteiger charge is 2.31. The number of nitrogens with zero attached hydrogens (tertiary/aromatic N) is 2. The zero-order valence-electron chi connectivity index (χ0n) is 25.1. The number of carbonyl (C=O) groups excluding carboxylic acids is 2. The van der Waals surface area contributed by atoms with Crippen LogP contribution in [0.15, 0.2) is 114 Å². The molecule has 45 heavy (non-hydrogen) atoms. The molecule has 4 aromatic rings. The number of hydrogen-bond donors (Lipinski definition) is 1. The van der Waals surface area contributed by atoms with Crippen LogP contribution in [0.5, 0.6) is 0 Å². The highest BCUT2D eigenvalue weighted by Crippen LogP contribution is 2.22. The summed E-state index contributed by atoms with van der Waals surface area (Å²) in [7, 11) is -3.51. The maximum atomic E-state index is 14.0. The van der Waals surface area contributed by atoms with E-state index in [2.05, 4.69) is 5.32 Å². The molecule has 1 aliphatic heterocycles. The first-order valence-electron chi connectivity index (χ1n) is 15.3. The lowest BCUT2D eigenvalue weighted by Gasteiger charge is -2.32. The van der Waals surface area contributed by atoms with Crippen LogP contribution in [0.1, 0.15) is 41.5 Å². The van der Waals surface area contributed by atoms with E-state index in [0.29, 0.717) is 37.5 Å². The third-order valence-corrected chi connectivity index (χ3v) is 10.3. The van der Waals surface area contributed by atoms with Gasteiger partial charge in [0.25, 0.3) is 0 Å². The molecule has 0 bridgehead atoms. The van der Waals surface area contributed by atoms with Crippen LogP contribution in [0.3, 0.4) is 0 Å². The Morgan fingerprint density at radius 1 is 0.756 bits per heavy atom. The average molecular weight is 644 g/mol. The number of carbonyl (C=O) groups is 2. The molecule has 0 saturated carbocycles. The van der Waals surface area contributed by atoms with Crippen LogP contribution in [0.25, 0.3) is 0 Å². The predicted octanol–water partition coefficient (Wildman–Crippen LogP) is 6.01. The summed E-state index contributed by atoms with van der Waals surface area (Å²) >= 11 is 6.14. The average Bonchev–Trinajstić information content (AvgIpc) is 3.63. The van der Waals surface area contributed by atoms with Crippen LogP contribution in [-0.4, -0.2) is 48.6 Å². The quantitative estimate of drug-likeness (QED) is 0.193. The number of sulfonamides is 1. The summed E-state index contributed by atoms with van der Waals surface area (Å²) in [6, 6.07) is 32.7. The van der Waals surface area contributed by atoms with Crippen molar-refractivity contribution >= 4 is 33.4 Å². The van der Waals surface area contributed by atoms with Crippen molar-refractivity contribution < 1.29 is 18.0 Å². The molecule has 0 aliphatic carbocycles. The summed E-state index contributed by atoms with van der Waals surface area (Å²) in [4.78, 5) is 29.8. The molecule has 0 radical (unpaired) electrons. The van der Waals surface area contributed by atoms with Crippen molar-refractivity contribution in [2.75, 3.05) is 13.1 Å². The van der Waals surface area contributed by atoms with Crippen LogP contribution >= 0.6 is 11.6 Å². The first kappa shape index (κ1) is 32.4. The van der Waals surface area contributed by atoms with Crippen molar-refractivity contribution in [1.82, 2.24) is 14.5 Å². The number of halogens is 1. The van der Waals surface area contributed by atoms with Gasteiger partial charge in [0.2, 0.25) is 21.8 Å². The first-order valence-corrected chi connectivity index (χ1v) is 17.1. The van der Waals surface area contributed by atoms with Gasteiger partial charge in [-0.25, -0.2) is 8.42 Å². The fraction of sp³-hybridized carbons (Fsp3) is 0.278. The molecule has 2 amide bonds. The van der Waals surface area contributed by atoms with E-state index in [-0.39, 0.29) is 29.7 Å². The molecule has 1 atom stereocenters. The molecule has 1 fully saturated rings. The number of rotatable bonds is 13. The second-order valence-corrected chi connectivity index (χ2v) is 13.7. The molecule has 0 unspecified atom stereocenters. The smallest absolute Gasteiger partial charge is 0.243 e. The number of nitrogens with one attached hydrogen (secondary N) is 1. The van der Waals surface area contributed by atoms with Crippen LogP contribution in [0.4, 0.5) is 0 Å². The Kier molecular flexibility index (Phi) is 11.1. The Hall–Kier alpha value is -3.98. The molecule has 7 nitrogen and oxygen atoms in total. The van der Waals surface area contributed by atoms with Crippen LogP contribution < -0.4 is 5.32 Å². The van der Waals surface area contributed by atoms with Gasteiger partial charge in [0.1, 0.15) is 6.04 Å². The van der Waals surface area contributed by atoms with E-state index in [4.69, 9.17) is 11.6 Å². The largest absolute Gasteiger partial charge is 0.350 e. The van der Waals surface area contributed by atoms with Gasteiger partial charge in [0, 0.05) is 44.0 Å². The molecular formula is C36H38ClN3O4S. The van der Waals surface area contributed by atoms with E-state index >= 15 is 0 Å². The lowest BCUT2D eigenvalue weighted by atomic mass is 10.0. The van der Waals surface area contributed by atoms with Crippen LogP contribution in [-0.2, 0) is 45.5 Å². The van der Waals surface area contributed by atoms with Crippen molar-refractivity contribution in [3.05, 3.63) is 136 Å². The topological polar surface area (TPSA) is 86.8 Å². The molecule has 9 heteroatoms. The zero-order chi connectivity index (χ0) is 31.6. The standard InChI is InChI=1S/C36H38ClN3O4S/c37-32-18-13-31(14-19-32)27-40(34(25-29-9-3-1-4-10-29)36(42)38-26-30-11-5-2-6-12-30)35(41)22-17-28-15-20-33(21-16-28)45(43,44)39-23-7-8-24-39/h1-6,9-16,18-21,34H,7-8,17,22-27H2,(H,38,42)/t34-/m1/s1. The summed E-state index contributed by atoms with van der Waals surface area (Å²) in [5.41, 5.74) is 3.62. The predicted molar refractivity (Wildman–Crippen MR) is 177 cm³/mol. The van der Waals surface area contributed by atoms with Crippen molar-refractivity contribution in [3.8, 4) is 0 Å². The summed E-state index contributed by atoms with van der Waals surface area (Å²) in [5.74, 6) is -0.406. The molecule has 0 spiro atoms. The van der Waals surface area contributed by atoms with E-state index in [1.807, 2.05) is 72.8 Å². The highest BCUT2D eigenvalue weighted by atomic mass is 35.5. The van der Waals surface area contributed by atoms with Gasteiger partial charge in [-0.3, -0.25) is 9.59 Å². The highest BCUT2D eigenvalue weighted by molar-refractivity contribution is 7.89. The molecule has 1 aliphatic rings. The van der Waals surface area contributed by atoms with E-state index < -0.39 is 16.1 Å². The lowest BCUT2D eigenvalue weighted by Crippen LogP contribution is -2.50. The second kappa shape index (κ2) is 15.3. The minimum atomic E-state index is -3.51. The first-order chi connectivity index (χ1) is 21.8. The summed E-state index contributed by atoms with van der Waals surface area (Å²) in [5, 5.41) is 3.64. The van der Waals surface area contributed by atoms with Crippen LogP contribution in [0, 0.1) is 0 Å². The van der Waals surface area contributed by atoms with E-state index in [9.17, 15) is 18.0 Å². The second-order valence-electron chi connectivity index (χ2n) is 11.3. The van der Waals surface area contributed by atoms with Gasteiger partial charge < -0.3 is 10.2 Å². The van der Waals surface area contributed by atoms with Gasteiger partial charge in [-0.05, 0) is 65.8 Å². The minimum Gasteiger partial charge on any atom is -0.350 e. The van der Waals surface area contributed by atoms with Gasteiger partial charge >= 0.3 is 0 Å². The molecule has 234 valence electrons. The molecule has 5 rings (SSSR count). The number of aryl methyl sites for hydroxylation is 1. The Labute approximate surface area is 270 Å². The fourth-order valence-corrected chi connectivity index (χ4v) is 7.19. The maximum Gasteiger partial charge on any atom is 0.243 e. The lowest BCUT2D eigenvalue weighted by molar-refractivity contribution is -0.141. The molecule has 1 saturated heterocycles. The van der Waals surface area contributed by atoms with Gasteiger partial charge in [-0.1, -0.05) is 96.5 Å². The third kappa shape index (κ3) is 8.81. The molecule has 4 aromatic carbocycles. The fourth-order valence-electron chi connectivity index (χ4n) is 5.54. The molecule has 0 aromatic heterocycles. The summed E-state index contributed by atoms with van der Waals surface area (Å²) in [6.07, 6.45) is 2.67. The monoisotopic (exact) mass is 643 g/mol. The van der Waals surface area contributed by atoms with E-state index in [1.54, 1.807) is 41.3 Å². The van der Waals surface area contributed by atoms with Gasteiger partial charge in [-0.2, -0.15) is 4.31 Å². The number of hydrogen-bond acceptors (Lipinski definition) is 4. The Balaban J connectivity index is 1.36. The maximum absolute atomic E-state index is 14.0. The van der Waals surface area contributed by atoms with Crippen molar-refractivity contribution in [2.24, 2.45) is 0 Å². The van der Waals surface area contributed by atoms with Crippen LogP contribution in [0.2, 0.25) is 5.02 Å². The Morgan fingerprint density at radius 3 is 1.96 bits per heavy atom. The number of benzene rings is 4. The molecular weight excluding hydrogens is 606 g/mol. The van der Waals surface area contributed by atoms with E-state index in [0.717, 1.165) is 35.1 Å². The Morgan fingerprint density at radius 2 is 1.33 bits per heavy atom. The number of amides is 2. The van der Waals surface area contributed by atoms with Gasteiger partial charge in [-0.15, -0.1) is 0 Å². The SMILES string of the molecule is O=C(NCc1ccccc1)[C@@H](Cc1ccccc1)N(Cc1ccc(Cl)cc1)C(=O)CCc1ccc(S(=O)(=O)N2CCCC2)cc1.